The molecule has 2 aliphatic heterocycles. The lowest BCUT2D eigenvalue weighted by atomic mass is 10.1. The number of nitrogens with one attached hydrogen (secondary N) is 2. The Bertz CT molecular complexity index is 1230. The zero-order valence-electron chi connectivity index (χ0n) is 22.1. The van der Waals surface area contributed by atoms with Gasteiger partial charge in [-0.1, -0.05) is 0 Å². The number of rotatable bonds is 9. The van der Waals surface area contributed by atoms with Gasteiger partial charge in [0, 0.05) is 64.5 Å². The molecule has 0 saturated carbocycles. The monoisotopic (exact) mass is 554 g/mol. The van der Waals surface area contributed by atoms with Crippen molar-refractivity contribution in [3.05, 3.63) is 48.0 Å². The molecule has 4 amide bonds. The van der Waals surface area contributed by atoms with E-state index in [-0.39, 0.29) is 38.8 Å². The fraction of sp³-hybridized carbons (Fsp3) is 0.462. The van der Waals surface area contributed by atoms with E-state index < -0.39 is 59.7 Å². The quantitative estimate of drug-likeness (QED) is 0.323. The summed E-state index contributed by atoms with van der Waals surface area (Å²) in [7, 11) is 3.37. The lowest BCUT2D eigenvalue weighted by Crippen LogP contribution is -2.48. The molecule has 214 valence electrons. The number of amides is 4. The van der Waals surface area contributed by atoms with Crippen LogP contribution in [0.25, 0.3) is 0 Å². The molecule has 2 aromatic rings. The topological polar surface area (TPSA) is 189 Å². The number of hydrogen-bond donors (Lipinski definition) is 2. The van der Waals surface area contributed by atoms with E-state index in [2.05, 4.69) is 10.6 Å². The van der Waals surface area contributed by atoms with E-state index in [0.717, 1.165) is 9.80 Å². The van der Waals surface area contributed by atoms with E-state index in [1.807, 2.05) is 0 Å². The van der Waals surface area contributed by atoms with E-state index in [1.54, 1.807) is 59.9 Å². The molecule has 0 bridgehead atoms. The van der Waals surface area contributed by atoms with Gasteiger partial charge in [0.15, 0.2) is 0 Å². The average molecular weight is 555 g/mol. The van der Waals surface area contributed by atoms with Gasteiger partial charge >= 0.3 is 0 Å². The Hall–Kier alpha value is -4.62. The van der Waals surface area contributed by atoms with Gasteiger partial charge in [-0.15, -0.1) is 0 Å². The van der Waals surface area contributed by atoms with Gasteiger partial charge in [0.25, 0.3) is 11.8 Å². The second-order valence-electron chi connectivity index (χ2n) is 10.1. The van der Waals surface area contributed by atoms with E-state index in [0.29, 0.717) is 11.4 Å². The molecule has 0 aromatic carbocycles. The maximum absolute atomic E-state index is 12.9. The van der Waals surface area contributed by atoms with Gasteiger partial charge in [0.05, 0.1) is 24.0 Å². The van der Waals surface area contributed by atoms with Crippen molar-refractivity contribution in [3.8, 4) is 0 Å². The van der Waals surface area contributed by atoms with Crippen LogP contribution in [0.5, 0.6) is 0 Å². The van der Waals surface area contributed by atoms with Crippen molar-refractivity contribution in [1.29, 1.82) is 0 Å². The van der Waals surface area contributed by atoms with Crippen LogP contribution in [0.2, 0.25) is 0 Å². The van der Waals surface area contributed by atoms with E-state index >= 15 is 0 Å². The molecule has 0 aliphatic carbocycles. The molecule has 0 radical (unpaired) electrons. The van der Waals surface area contributed by atoms with Crippen LogP contribution in [-0.2, 0) is 33.3 Å². The lowest BCUT2D eigenvalue weighted by molar-refractivity contribution is -0.311. The van der Waals surface area contributed by atoms with Crippen molar-refractivity contribution in [1.82, 2.24) is 29.6 Å². The van der Waals surface area contributed by atoms with Gasteiger partial charge in [-0.2, -0.15) is 0 Å². The summed E-state index contributed by atoms with van der Waals surface area (Å²) < 4.78 is 3.20. The standard InChI is InChI=1S/C26H32N6O8/c1-29-9-3-5-17(29)23(35)27-15-11-19(25(37)38)31(13-15)21(33)7-8-22(34)32-14-16(12-20(32)26(39)40)28-24(36)18-6-4-10-30(18)2/h3-6,9-10,15-16,19-20H,7-8,11-14H2,1-2H3,(H,27,35)(H,28,36)(H,37,38)(H,39,40)/p-2. The van der Waals surface area contributed by atoms with Crippen LogP contribution in [0.15, 0.2) is 36.7 Å². The minimum atomic E-state index is -1.48. The minimum absolute atomic E-state index is 0.0560. The van der Waals surface area contributed by atoms with Crippen LogP contribution in [0.4, 0.5) is 0 Å². The molecule has 4 unspecified atom stereocenters. The minimum Gasteiger partial charge on any atom is -0.548 e. The van der Waals surface area contributed by atoms with E-state index in [4.69, 9.17) is 0 Å². The van der Waals surface area contributed by atoms with Crippen molar-refractivity contribution >= 4 is 35.6 Å². The summed E-state index contributed by atoms with van der Waals surface area (Å²) in [6.07, 6.45) is 2.50. The summed E-state index contributed by atoms with van der Waals surface area (Å²) >= 11 is 0. The first-order valence-corrected chi connectivity index (χ1v) is 12.8. The molecule has 4 rings (SSSR count). The van der Waals surface area contributed by atoms with Gasteiger partial charge in [0.2, 0.25) is 11.8 Å². The highest BCUT2D eigenvalue weighted by molar-refractivity contribution is 5.94. The number of hydrogen-bond acceptors (Lipinski definition) is 8. The normalized spacial score (nSPS) is 22.2. The number of carbonyl (C=O) groups is 6. The molecule has 14 nitrogen and oxygen atoms in total. The number of nitrogens with zero attached hydrogens (tertiary/aromatic N) is 4. The predicted octanol–water partition coefficient (Wildman–Crippen LogP) is -3.26. The van der Waals surface area contributed by atoms with Crippen LogP contribution in [0.1, 0.15) is 46.7 Å². The Morgan fingerprint density at radius 2 is 1.10 bits per heavy atom. The number of carbonyl (C=O) groups excluding carboxylic acids is 6. The number of aromatic nitrogens is 2. The third kappa shape index (κ3) is 6.00. The van der Waals surface area contributed by atoms with Crippen LogP contribution < -0.4 is 20.8 Å². The molecule has 4 atom stereocenters. The van der Waals surface area contributed by atoms with Crippen molar-refractivity contribution in [3.63, 3.8) is 0 Å². The highest BCUT2D eigenvalue weighted by Gasteiger charge is 2.39. The van der Waals surface area contributed by atoms with Crippen LogP contribution >= 0.6 is 0 Å². The summed E-state index contributed by atoms with van der Waals surface area (Å²) in [5, 5.41) is 28.9. The summed E-state index contributed by atoms with van der Waals surface area (Å²) in [5.41, 5.74) is 0.734. The highest BCUT2D eigenvalue weighted by atomic mass is 16.4. The van der Waals surface area contributed by atoms with Crippen LogP contribution in [0, 0.1) is 0 Å². The van der Waals surface area contributed by atoms with Gasteiger partial charge < -0.3 is 49.4 Å². The summed E-state index contributed by atoms with van der Waals surface area (Å²) in [5.74, 6) is -5.09. The maximum atomic E-state index is 12.9. The van der Waals surface area contributed by atoms with Crippen LogP contribution in [0.3, 0.4) is 0 Å². The summed E-state index contributed by atoms with van der Waals surface area (Å²) in [6, 6.07) is 2.72. The molecule has 40 heavy (non-hydrogen) atoms. The molecule has 2 N–H and O–H groups in total. The number of likely N-dealkylation sites (tertiary alicyclic amines) is 2. The Kier molecular flexibility index (Phi) is 8.26. The SMILES string of the molecule is Cn1cccc1C(=O)NC1CC(C(=O)[O-])N(C(=O)CCC(=O)N2CC(NC(=O)c3cccn3C)CC2C(=O)[O-])C1. The first-order chi connectivity index (χ1) is 19.0. The average Bonchev–Trinajstić information content (AvgIpc) is 3.68. The number of aliphatic carboxylic acids is 2. The highest BCUT2D eigenvalue weighted by Crippen LogP contribution is 2.23. The zero-order chi connectivity index (χ0) is 29.1. The fourth-order valence-corrected chi connectivity index (χ4v) is 5.29. The maximum Gasteiger partial charge on any atom is 0.268 e. The first kappa shape index (κ1) is 28.4. The Morgan fingerprint density at radius 1 is 0.725 bits per heavy atom. The van der Waals surface area contributed by atoms with Gasteiger partial charge in [0.1, 0.15) is 11.4 Å². The first-order valence-electron chi connectivity index (χ1n) is 12.8. The second kappa shape index (κ2) is 11.6. The van der Waals surface area contributed by atoms with Crippen molar-refractivity contribution < 1.29 is 39.0 Å². The third-order valence-corrected chi connectivity index (χ3v) is 7.36. The van der Waals surface area contributed by atoms with Gasteiger partial charge in [-0.3, -0.25) is 19.2 Å². The molecular formula is C26H30N6O8-2. The molecule has 14 heteroatoms. The smallest absolute Gasteiger partial charge is 0.268 e. The van der Waals surface area contributed by atoms with E-state index in [9.17, 15) is 39.0 Å². The van der Waals surface area contributed by atoms with Gasteiger partial charge in [-0.25, -0.2) is 0 Å². The zero-order valence-corrected chi connectivity index (χ0v) is 22.1. The largest absolute Gasteiger partial charge is 0.548 e. The lowest BCUT2D eigenvalue weighted by Gasteiger charge is -2.27. The Balaban J connectivity index is 1.34. The summed E-state index contributed by atoms with van der Waals surface area (Å²) in [6.45, 7) is -0.166. The second-order valence-corrected chi connectivity index (χ2v) is 10.1. The molecule has 2 fully saturated rings. The third-order valence-electron chi connectivity index (χ3n) is 7.36. The van der Waals surface area contributed by atoms with E-state index in [1.165, 1.54) is 0 Å². The molecule has 4 heterocycles. The van der Waals surface area contributed by atoms with Crippen molar-refractivity contribution in [2.45, 2.75) is 49.9 Å². The number of aryl methyl sites for hydroxylation is 2. The molecular weight excluding hydrogens is 524 g/mol. The molecule has 2 aliphatic rings. The Labute approximate surface area is 229 Å². The predicted molar refractivity (Wildman–Crippen MR) is 133 cm³/mol. The van der Waals surface area contributed by atoms with Gasteiger partial charge in [-0.05, 0) is 37.1 Å². The fourth-order valence-electron chi connectivity index (χ4n) is 5.29. The number of carboxylic acid groups (broad SMARTS) is 2. The molecule has 2 saturated heterocycles. The molecule has 2 aromatic heterocycles. The van der Waals surface area contributed by atoms with Crippen molar-refractivity contribution in [2.24, 2.45) is 14.1 Å². The van der Waals surface area contributed by atoms with Crippen molar-refractivity contribution in [2.75, 3.05) is 13.1 Å². The Morgan fingerprint density at radius 3 is 1.40 bits per heavy atom. The summed E-state index contributed by atoms with van der Waals surface area (Å²) in [4.78, 5) is 76.5. The molecule has 0 spiro atoms. The van der Waals surface area contributed by atoms with Crippen LogP contribution in [-0.4, -0.2) is 91.8 Å². The number of carboxylic acids is 2.